The standard InChI is InChI=1S/C17H14N4O4S/c1-10(22)21-9-14(25-12-6-3-2-5-11(12)21)15(23)18-17-20-19-16(26-17)13-7-4-8-24-13/h2-8,14H,9H2,1H3,(H,18,20,23)/t14-/m1/s1. The van der Waals surface area contributed by atoms with Gasteiger partial charge in [0.15, 0.2) is 16.9 Å². The van der Waals surface area contributed by atoms with Crippen molar-refractivity contribution in [2.45, 2.75) is 13.0 Å². The Balaban J connectivity index is 1.51. The molecular weight excluding hydrogens is 356 g/mol. The number of hydrogen-bond acceptors (Lipinski definition) is 7. The molecule has 26 heavy (non-hydrogen) atoms. The number of carbonyl (C=O) groups excluding carboxylic acids is 2. The number of ether oxygens (including phenoxy) is 1. The maximum Gasteiger partial charge on any atom is 0.269 e. The lowest BCUT2D eigenvalue weighted by molar-refractivity contribution is -0.123. The monoisotopic (exact) mass is 370 g/mol. The number of benzene rings is 1. The Bertz CT molecular complexity index is 953. The van der Waals surface area contributed by atoms with Gasteiger partial charge in [-0.1, -0.05) is 23.5 Å². The van der Waals surface area contributed by atoms with Crippen LogP contribution in [0.5, 0.6) is 5.75 Å². The first-order chi connectivity index (χ1) is 12.6. The lowest BCUT2D eigenvalue weighted by atomic mass is 10.2. The molecule has 1 N–H and O–H groups in total. The van der Waals surface area contributed by atoms with Crippen LogP contribution in [0.25, 0.3) is 10.8 Å². The van der Waals surface area contributed by atoms with Gasteiger partial charge in [-0.25, -0.2) is 0 Å². The summed E-state index contributed by atoms with van der Waals surface area (Å²) in [5.74, 6) is 0.513. The third-order valence-corrected chi connectivity index (χ3v) is 4.69. The summed E-state index contributed by atoms with van der Waals surface area (Å²) in [6.45, 7) is 1.58. The van der Waals surface area contributed by atoms with Gasteiger partial charge in [0.05, 0.1) is 18.5 Å². The Morgan fingerprint density at radius 1 is 1.23 bits per heavy atom. The van der Waals surface area contributed by atoms with Gasteiger partial charge >= 0.3 is 0 Å². The molecule has 0 radical (unpaired) electrons. The van der Waals surface area contributed by atoms with E-state index < -0.39 is 12.0 Å². The Kier molecular flexibility index (Phi) is 4.13. The lowest BCUT2D eigenvalue weighted by Crippen LogP contribution is -2.48. The highest BCUT2D eigenvalue weighted by molar-refractivity contribution is 7.18. The van der Waals surface area contributed by atoms with Gasteiger partial charge in [-0.15, -0.1) is 10.2 Å². The number of fused-ring (bicyclic) bond motifs is 1. The molecule has 2 aromatic heterocycles. The van der Waals surface area contributed by atoms with Crippen LogP contribution >= 0.6 is 11.3 Å². The van der Waals surface area contributed by atoms with E-state index in [1.165, 1.54) is 23.2 Å². The predicted molar refractivity (Wildman–Crippen MR) is 95.1 cm³/mol. The first-order valence-corrected chi connectivity index (χ1v) is 8.65. The molecule has 0 spiro atoms. The molecule has 1 aliphatic heterocycles. The number of para-hydroxylation sites is 2. The highest BCUT2D eigenvalue weighted by Crippen LogP contribution is 2.33. The fourth-order valence-corrected chi connectivity index (χ4v) is 3.34. The molecule has 3 aromatic rings. The van der Waals surface area contributed by atoms with E-state index in [1.54, 1.807) is 36.6 Å². The molecule has 3 heterocycles. The van der Waals surface area contributed by atoms with E-state index >= 15 is 0 Å². The van der Waals surface area contributed by atoms with Gasteiger partial charge in [0.2, 0.25) is 11.0 Å². The summed E-state index contributed by atoms with van der Waals surface area (Å²) >= 11 is 1.19. The molecular formula is C17H14N4O4S. The van der Waals surface area contributed by atoms with Gasteiger partial charge < -0.3 is 14.1 Å². The van der Waals surface area contributed by atoms with Crippen LogP contribution in [-0.2, 0) is 9.59 Å². The number of anilines is 2. The van der Waals surface area contributed by atoms with Crippen LogP contribution in [0.2, 0.25) is 0 Å². The second-order valence-corrected chi connectivity index (χ2v) is 6.56. The topological polar surface area (TPSA) is 97.6 Å². The molecule has 0 unspecified atom stereocenters. The normalized spacial score (nSPS) is 15.9. The van der Waals surface area contributed by atoms with E-state index in [-0.39, 0.29) is 12.5 Å². The highest BCUT2D eigenvalue weighted by Gasteiger charge is 2.33. The molecule has 0 aliphatic carbocycles. The molecule has 4 rings (SSSR count). The van der Waals surface area contributed by atoms with E-state index in [9.17, 15) is 9.59 Å². The highest BCUT2D eigenvalue weighted by atomic mass is 32.1. The third-order valence-electron chi connectivity index (χ3n) is 3.83. The van der Waals surface area contributed by atoms with Crippen LogP contribution in [-0.4, -0.2) is 34.7 Å². The van der Waals surface area contributed by atoms with Gasteiger partial charge in [0, 0.05) is 6.92 Å². The molecule has 8 nitrogen and oxygen atoms in total. The summed E-state index contributed by atoms with van der Waals surface area (Å²) in [6, 6.07) is 10.6. The van der Waals surface area contributed by atoms with Crippen molar-refractivity contribution in [3.8, 4) is 16.5 Å². The lowest BCUT2D eigenvalue weighted by Gasteiger charge is -2.33. The third kappa shape index (κ3) is 3.04. The summed E-state index contributed by atoms with van der Waals surface area (Å²) in [4.78, 5) is 26.0. The summed E-state index contributed by atoms with van der Waals surface area (Å²) in [5.41, 5.74) is 0.653. The zero-order valence-electron chi connectivity index (χ0n) is 13.7. The largest absolute Gasteiger partial charge is 0.476 e. The summed E-state index contributed by atoms with van der Waals surface area (Å²) in [6.07, 6.45) is 0.698. The summed E-state index contributed by atoms with van der Waals surface area (Å²) in [7, 11) is 0. The second kappa shape index (κ2) is 6.60. The van der Waals surface area contributed by atoms with Crippen LogP contribution < -0.4 is 15.0 Å². The van der Waals surface area contributed by atoms with Gasteiger partial charge in [-0.2, -0.15) is 0 Å². The van der Waals surface area contributed by atoms with Crippen LogP contribution in [0.1, 0.15) is 6.92 Å². The molecule has 1 aliphatic rings. The van der Waals surface area contributed by atoms with Crippen molar-refractivity contribution < 1.29 is 18.7 Å². The van der Waals surface area contributed by atoms with Crippen LogP contribution in [0, 0.1) is 0 Å². The number of rotatable bonds is 3. The number of hydrogen-bond donors (Lipinski definition) is 1. The molecule has 0 saturated carbocycles. The molecule has 132 valence electrons. The van der Waals surface area contributed by atoms with Crippen LogP contribution in [0.3, 0.4) is 0 Å². The Labute approximate surface area is 152 Å². The molecule has 2 amide bonds. The summed E-state index contributed by atoms with van der Waals surface area (Å²) in [5, 5.41) is 11.5. The fourth-order valence-electron chi connectivity index (χ4n) is 2.63. The number of carbonyl (C=O) groups is 2. The quantitative estimate of drug-likeness (QED) is 0.761. The van der Waals surface area contributed by atoms with Crippen molar-refractivity contribution in [3.05, 3.63) is 42.7 Å². The zero-order valence-corrected chi connectivity index (χ0v) is 14.5. The maximum atomic E-state index is 12.6. The van der Waals surface area contributed by atoms with Gasteiger partial charge in [-0.05, 0) is 24.3 Å². The molecule has 9 heteroatoms. The minimum Gasteiger partial charge on any atom is -0.476 e. The predicted octanol–water partition coefficient (Wildman–Crippen LogP) is 2.55. The van der Waals surface area contributed by atoms with Crippen LogP contribution in [0.4, 0.5) is 10.8 Å². The second-order valence-electron chi connectivity index (χ2n) is 5.58. The van der Waals surface area contributed by atoms with Crippen molar-refractivity contribution in [2.75, 3.05) is 16.8 Å². The number of nitrogens with zero attached hydrogens (tertiary/aromatic N) is 3. The van der Waals surface area contributed by atoms with E-state index in [0.717, 1.165) is 0 Å². The van der Waals surface area contributed by atoms with Gasteiger partial charge in [0.25, 0.3) is 5.91 Å². The number of furan rings is 1. The first kappa shape index (κ1) is 16.3. The van der Waals surface area contributed by atoms with Crippen molar-refractivity contribution >= 4 is 34.0 Å². The van der Waals surface area contributed by atoms with Gasteiger partial charge in [0.1, 0.15) is 5.75 Å². The average Bonchev–Trinajstić information content (AvgIpc) is 3.32. The molecule has 0 saturated heterocycles. The number of amides is 2. The van der Waals surface area contributed by atoms with E-state index in [4.69, 9.17) is 9.15 Å². The fraction of sp³-hybridized carbons (Fsp3) is 0.176. The molecule has 1 atom stereocenters. The smallest absolute Gasteiger partial charge is 0.269 e. The van der Waals surface area contributed by atoms with Crippen molar-refractivity contribution in [1.82, 2.24) is 10.2 Å². The number of nitrogens with one attached hydrogen (secondary N) is 1. The maximum absolute atomic E-state index is 12.6. The van der Waals surface area contributed by atoms with Gasteiger partial charge in [-0.3, -0.25) is 14.9 Å². The van der Waals surface area contributed by atoms with E-state index in [0.29, 0.717) is 27.3 Å². The van der Waals surface area contributed by atoms with Crippen molar-refractivity contribution in [2.24, 2.45) is 0 Å². The summed E-state index contributed by atoms with van der Waals surface area (Å²) < 4.78 is 11.0. The minimum absolute atomic E-state index is 0.127. The minimum atomic E-state index is -0.843. The zero-order chi connectivity index (χ0) is 18.1. The SMILES string of the molecule is CC(=O)N1C[C@H](C(=O)Nc2nnc(-c3ccco3)s2)Oc2ccccc21. The average molecular weight is 370 g/mol. The Hall–Kier alpha value is -3.20. The van der Waals surface area contributed by atoms with Crippen molar-refractivity contribution in [1.29, 1.82) is 0 Å². The van der Waals surface area contributed by atoms with E-state index in [1.807, 2.05) is 6.07 Å². The van der Waals surface area contributed by atoms with Crippen molar-refractivity contribution in [3.63, 3.8) is 0 Å². The van der Waals surface area contributed by atoms with E-state index in [2.05, 4.69) is 15.5 Å². The van der Waals surface area contributed by atoms with Crippen LogP contribution in [0.15, 0.2) is 47.1 Å². The molecule has 0 bridgehead atoms. The first-order valence-electron chi connectivity index (χ1n) is 7.84. The Morgan fingerprint density at radius 2 is 2.08 bits per heavy atom. The Morgan fingerprint density at radius 3 is 2.85 bits per heavy atom. The molecule has 0 fully saturated rings. The molecule has 1 aromatic carbocycles. The number of aromatic nitrogens is 2.